The number of nitrogens with one attached hydrogen (secondary N) is 3. The van der Waals surface area contributed by atoms with E-state index < -0.39 is 6.55 Å². The zero-order chi connectivity index (χ0) is 29.0. The van der Waals surface area contributed by atoms with Gasteiger partial charge in [0.2, 0.25) is 11.9 Å². The molecule has 0 atom stereocenters. The molecule has 4 rings (SSSR count). The number of aromatic nitrogens is 1. The number of carbonyl (C=O) groups excluding carboxylic acids is 1. The summed E-state index contributed by atoms with van der Waals surface area (Å²) in [5, 5.41) is 10.2. The Labute approximate surface area is 232 Å². The standard InChI is InChI=1S/C29H35F2N7O2/c1-7-26(39)33-21-14-22(25(40-6)15-24(21)37(5)13-12-36(3)4)34-29-32-16-18(2)27(35-29)20-17-38(28(30)31)23-11-9-8-10-19(20)23/h7-11,14-15,17,28H,1,12-13,16H2,2-6H3,(H,33,39)(H2,32,34,35). The highest BCUT2D eigenvalue weighted by atomic mass is 19.3. The van der Waals surface area contributed by atoms with Crippen molar-refractivity contribution >= 4 is 45.5 Å². The number of ether oxygens (including phenoxy) is 1. The van der Waals surface area contributed by atoms with Crippen LogP contribution in [0.2, 0.25) is 0 Å². The molecule has 0 saturated carbocycles. The van der Waals surface area contributed by atoms with E-state index >= 15 is 0 Å². The topological polar surface area (TPSA) is 86.2 Å². The number of benzene rings is 2. The Kier molecular flexibility index (Phi) is 8.73. The molecular weight excluding hydrogens is 516 g/mol. The smallest absolute Gasteiger partial charge is 0.319 e. The van der Waals surface area contributed by atoms with Crippen LogP contribution in [0.3, 0.4) is 0 Å². The SMILES string of the molecule is C=CC(=O)Nc1cc(NC2=NCC(C)=C(c3cn(C(F)F)c4ccccc34)N2)c(OC)cc1N(C)CCN(C)C. The van der Waals surface area contributed by atoms with E-state index in [2.05, 4.69) is 32.4 Å². The number of carbonyl (C=O) groups is 1. The molecule has 9 nitrogen and oxygen atoms in total. The summed E-state index contributed by atoms with van der Waals surface area (Å²) in [6, 6.07) is 10.7. The minimum atomic E-state index is -2.67. The first-order valence-corrected chi connectivity index (χ1v) is 12.8. The molecule has 1 aliphatic heterocycles. The lowest BCUT2D eigenvalue weighted by Gasteiger charge is -2.27. The maximum atomic E-state index is 13.8. The molecule has 0 spiro atoms. The number of hydrogen-bond donors (Lipinski definition) is 3. The molecule has 1 aromatic heterocycles. The molecule has 40 heavy (non-hydrogen) atoms. The van der Waals surface area contributed by atoms with Crippen LogP contribution < -0.4 is 25.6 Å². The number of halogens is 2. The normalized spacial score (nSPS) is 13.4. The fraction of sp³-hybridized carbons (Fsp3) is 0.310. The van der Waals surface area contributed by atoms with Crippen molar-refractivity contribution in [1.82, 2.24) is 14.8 Å². The van der Waals surface area contributed by atoms with Crippen molar-refractivity contribution in [3.63, 3.8) is 0 Å². The Balaban J connectivity index is 1.67. The molecule has 1 amide bonds. The summed E-state index contributed by atoms with van der Waals surface area (Å²) in [4.78, 5) is 21.0. The summed E-state index contributed by atoms with van der Waals surface area (Å²) < 4.78 is 34.2. The van der Waals surface area contributed by atoms with Gasteiger partial charge in [-0.15, -0.1) is 0 Å². The molecule has 0 bridgehead atoms. The van der Waals surface area contributed by atoms with Gasteiger partial charge in [0.25, 0.3) is 0 Å². The molecule has 0 saturated heterocycles. The third kappa shape index (κ3) is 6.09. The third-order valence-electron chi connectivity index (χ3n) is 6.67. The molecule has 1 aliphatic rings. The number of amides is 1. The summed E-state index contributed by atoms with van der Waals surface area (Å²) in [7, 11) is 7.50. The highest BCUT2D eigenvalue weighted by Crippen LogP contribution is 2.37. The molecule has 0 unspecified atom stereocenters. The molecule has 0 fully saturated rings. The summed E-state index contributed by atoms with van der Waals surface area (Å²) in [6.45, 7) is 4.70. The lowest BCUT2D eigenvalue weighted by atomic mass is 10.1. The second kappa shape index (κ2) is 12.2. The van der Waals surface area contributed by atoms with Gasteiger partial charge in [-0.1, -0.05) is 24.8 Å². The van der Waals surface area contributed by atoms with E-state index in [0.717, 1.165) is 22.4 Å². The quantitative estimate of drug-likeness (QED) is 0.309. The van der Waals surface area contributed by atoms with Crippen LogP contribution in [0.15, 0.2) is 65.8 Å². The van der Waals surface area contributed by atoms with E-state index in [1.807, 2.05) is 51.2 Å². The van der Waals surface area contributed by atoms with E-state index in [1.165, 1.54) is 12.3 Å². The molecule has 2 heterocycles. The van der Waals surface area contributed by atoms with Crippen LogP contribution in [0.5, 0.6) is 5.75 Å². The Morgan fingerprint density at radius 3 is 2.65 bits per heavy atom. The number of para-hydroxylation sites is 1. The van der Waals surface area contributed by atoms with Crippen LogP contribution in [0.1, 0.15) is 19.0 Å². The first-order valence-electron chi connectivity index (χ1n) is 12.8. The zero-order valence-corrected chi connectivity index (χ0v) is 23.4. The summed E-state index contributed by atoms with van der Waals surface area (Å²) >= 11 is 0. The van der Waals surface area contributed by atoms with Crippen LogP contribution in [-0.2, 0) is 4.79 Å². The van der Waals surface area contributed by atoms with Crippen LogP contribution in [0.4, 0.5) is 25.8 Å². The molecule has 3 N–H and O–H groups in total. The predicted molar refractivity (Wildman–Crippen MR) is 158 cm³/mol. The van der Waals surface area contributed by atoms with Crippen molar-refractivity contribution in [2.75, 3.05) is 63.4 Å². The molecule has 3 aromatic rings. The van der Waals surface area contributed by atoms with Gasteiger partial charge in [0, 0.05) is 43.4 Å². The van der Waals surface area contributed by atoms with Crippen molar-refractivity contribution < 1.29 is 18.3 Å². The zero-order valence-electron chi connectivity index (χ0n) is 23.4. The summed E-state index contributed by atoms with van der Waals surface area (Å²) in [5.41, 5.74) is 4.62. The Morgan fingerprint density at radius 1 is 1.23 bits per heavy atom. The van der Waals surface area contributed by atoms with E-state index in [4.69, 9.17) is 4.74 Å². The monoisotopic (exact) mass is 551 g/mol. The first kappa shape index (κ1) is 28.6. The number of aliphatic imine (C=N–C) groups is 1. The van der Waals surface area contributed by atoms with Crippen molar-refractivity contribution in [2.45, 2.75) is 13.5 Å². The molecule has 0 radical (unpaired) electrons. The fourth-order valence-electron chi connectivity index (χ4n) is 4.51. The number of rotatable bonds is 10. The predicted octanol–water partition coefficient (Wildman–Crippen LogP) is 4.97. The van der Waals surface area contributed by atoms with Crippen LogP contribution in [0.25, 0.3) is 16.6 Å². The highest BCUT2D eigenvalue weighted by Gasteiger charge is 2.22. The third-order valence-corrected chi connectivity index (χ3v) is 6.67. The van der Waals surface area contributed by atoms with Gasteiger partial charge in [-0.2, -0.15) is 8.78 Å². The summed E-state index contributed by atoms with van der Waals surface area (Å²) in [5.74, 6) is 0.611. The second-order valence-electron chi connectivity index (χ2n) is 9.80. The van der Waals surface area contributed by atoms with Gasteiger partial charge in [-0.3, -0.25) is 9.36 Å². The number of alkyl halides is 2. The number of anilines is 3. The van der Waals surface area contributed by atoms with Gasteiger partial charge >= 0.3 is 6.55 Å². The van der Waals surface area contributed by atoms with Crippen molar-refractivity contribution in [1.29, 1.82) is 0 Å². The minimum Gasteiger partial charge on any atom is -0.494 e. The van der Waals surface area contributed by atoms with E-state index in [9.17, 15) is 13.6 Å². The number of methoxy groups -OCH3 is 1. The number of nitrogens with zero attached hydrogens (tertiary/aromatic N) is 4. The molecular formula is C29H35F2N7O2. The largest absolute Gasteiger partial charge is 0.494 e. The number of hydrogen-bond acceptors (Lipinski definition) is 7. The Bertz CT molecular complexity index is 1480. The first-order chi connectivity index (χ1) is 19.1. The van der Waals surface area contributed by atoms with E-state index in [0.29, 0.717) is 58.3 Å². The second-order valence-corrected chi connectivity index (χ2v) is 9.80. The molecule has 11 heteroatoms. The van der Waals surface area contributed by atoms with Crippen LogP contribution >= 0.6 is 0 Å². The van der Waals surface area contributed by atoms with E-state index in [1.54, 1.807) is 25.3 Å². The number of likely N-dealkylation sites (N-methyl/N-ethyl adjacent to an activating group) is 2. The molecule has 2 aromatic carbocycles. The number of fused-ring (bicyclic) bond motifs is 1. The Hall–Kier alpha value is -4.38. The average molecular weight is 552 g/mol. The maximum Gasteiger partial charge on any atom is 0.319 e. The minimum absolute atomic E-state index is 0.345. The summed E-state index contributed by atoms with van der Waals surface area (Å²) in [6.07, 6.45) is 2.68. The van der Waals surface area contributed by atoms with Crippen molar-refractivity contribution in [3.05, 3.63) is 66.4 Å². The lowest BCUT2D eigenvalue weighted by Crippen LogP contribution is -2.34. The molecule has 212 valence electrons. The lowest BCUT2D eigenvalue weighted by molar-refractivity contribution is -0.111. The highest BCUT2D eigenvalue weighted by molar-refractivity contribution is 6.06. The van der Waals surface area contributed by atoms with Crippen LogP contribution in [-0.4, -0.2) is 69.2 Å². The van der Waals surface area contributed by atoms with Gasteiger partial charge in [0.15, 0.2) is 0 Å². The van der Waals surface area contributed by atoms with Crippen molar-refractivity contribution in [2.24, 2.45) is 4.99 Å². The van der Waals surface area contributed by atoms with Gasteiger partial charge in [-0.05, 0) is 44.8 Å². The van der Waals surface area contributed by atoms with Crippen LogP contribution in [0, 0.1) is 0 Å². The van der Waals surface area contributed by atoms with Gasteiger partial charge in [-0.25, -0.2) is 4.99 Å². The maximum absolute atomic E-state index is 13.8. The molecule has 0 aliphatic carbocycles. The fourth-order valence-corrected chi connectivity index (χ4v) is 4.51. The number of guanidine groups is 1. The van der Waals surface area contributed by atoms with Gasteiger partial charge in [0.05, 0.1) is 41.9 Å². The van der Waals surface area contributed by atoms with Crippen molar-refractivity contribution in [3.8, 4) is 5.75 Å². The van der Waals surface area contributed by atoms with Gasteiger partial charge < -0.3 is 30.5 Å². The average Bonchev–Trinajstić information content (AvgIpc) is 3.32. The Morgan fingerprint density at radius 2 is 1.98 bits per heavy atom. The van der Waals surface area contributed by atoms with Gasteiger partial charge in [0.1, 0.15) is 5.75 Å². The van der Waals surface area contributed by atoms with E-state index in [-0.39, 0.29) is 5.91 Å².